The van der Waals surface area contributed by atoms with Crippen LogP contribution in [0, 0.1) is 5.82 Å². The van der Waals surface area contributed by atoms with Gasteiger partial charge >= 0.3 is 5.97 Å². The van der Waals surface area contributed by atoms with E-state index in [2.05, 4.69) is 21.2 Å². The number of carboxylic acid groups (broad SMARTS) is 1. The summed E-state index contributed by atoms with van der Waals surface area (Å²) in [5.74, 6) is -1.87. The molecule has 96 valence electrons. The third-order valence-corrected chi connectivity index (χ3v) is 3.67. The quantitative estimate of drug-likeness (QED) is 0.891. The monoisotopic (exact) mass is 315 g/mol. The fraction of sp³-hybridized carbons (Fsp3) is 0.333. The van der Waals surface area contributed by atoms with Crippen molar-refractivity contribution in [2.24, 2.45) is 0 Å². The third kappa shape index (κ3) is 2.69. The van der Waals surface area contributed by atoms with Gasteiger partial charge in [-0.15, -0.1) is 0 Å². The molecular weight excluding hydrogens is 305 g/mol. The van der Waals surface area contributed by atoms with Crippen molar-refractivity contribution in [2.45, 2.75) is 24.8 Å². The standard InChI is InChI=1S/C12H11BrFNO3/c13-9-2-1-8(14)5-7(9)6-10(16)15-12(3-4-12)11(17)18/h1-2,5H,3-4,6H2,(H,15,16)(H,17,18). The van der Waals surface area contributed by atoms with Crippen LogP contribution in [-0.4, -0.2) is 22.5 Å². The van der Waals surface area contributed by atoms with Crippen molar-refractivity contribution in [3.05, 3.63) is 34.1 Å². The van der Waals surface area contributed by atoms with Gasteiger partial charge in [0.15, 0.2) is 0 Å². The first-order chi connectivity index (χ1) is 8.43. The van der Waals surface area contributed by atoms with Crippen molar-refractivity contribution in [2.75, 3.05) is 0 Å². The van der Waals surface area contributed by atoms with Crippen LogP contribution < -0.4 is 5.32 Å². The van der Waals surface area contributed by atoms with Gasteiger partial charge in [0.1, 0.15) is 11.4 Å². The second-order valence-electron chi connectivity index (χ2n) is 4.35. The van der Waals surface area contributed by atoms with E-state index in [4.69, 9.17) is 5.11 Å². The summed E-state index contributed by atoms with van der Waals surface area (Å²) in [6, 6.07) is 4.05. The fourth-order valence-corrected chi connectivity index (χ4v) is 2.07. The number of aliphatic carboxylic acids is 1. The second kappa shape index (κ2) is 4.68. The molecule has 18 heavy (non-hydrogen) atoms. The molecular formula is C12H11BrFNO3. The summed E-state index contributed by atoms with van der Waals surface area (Å²) >= 11 is 3.22. The lowest BCUT2D eigenvalue weighted by Crippen LogP contribution is -2.43. The smallest absolute Gasteiger partial charge is 0.329 e. The number of carboxylic acids is 1. The molecule has 1 saturated carbocycles. The van der Waals surface area contributed by atoms with Gasteiger partial charge < -0.3 is 10.4 Å². The van der Waals surface area contributed by atoms with Crippen molar-refractivity contribution in [3.63, 3.8) is 0 Å². The molecule has 0 atom stereocenters. The average Bonchev–Trinajstić information content (AvgIpc) is 3.04. The maximum atomic E-state index is 13.0. The highest BCUT2D eigenvalue weighted by Gasteiger charge is 2.51. The van der Waals surface area contributed by atoms with E-state index in [0.29, 0.717) is 22.9 Å². The number of amides is 1. The minimum atomic E-state index is -1.10. The zero-order chi connectivity index (χ0) is 13.3. The second-order valence-corrected chi connectivity index (χ2v) is 5.20. The lowest BCUT2D eigenvalue weighted by Gasteiger charge is -2.12. The molecule has 4 nitrogen and oxygen atoms in total. The number of nitrogens with one attached hydrogen (secondary N) is 1. The SMILES string of the molecule is O=C(Cc1cc(F)ccc1Br)NC1(C(=O)O)CC1. The number of hydrogen-bond donors (Lipinski definition) is 2. The zero-order valence-electron chi connectivity index (χ0n) is 9.37. The first kappa shape index (κ1) is 13.0. The van der Waals surface area contributed by atoms with Gasteiger partial charge in [0.05, 0.1) is 6.42 Å². The lowest BCUT2D eigenvalue weighted by atomic mass is 10.1. The van der Waals surface area contributed by atoms with Gasteiger partial charge in [-0.2, -0.15) is 0 Å². The van der Waals surface area contributed by atoms with Gasteiger partial charge in [0.25, 0.3) is 0 Å². The largest absolute Gasteiger partial charge is 0.480 e. The molecule has 1 amide bonds. The number of carbonyl (C=O) groups is 2. The van der Waals surface area contributed by atoms with Crippen LogP contribution >= 0.6 is 15.9 Å². The fourth-order valence-electron chi connectivity index (χ4n) is 1.68. The minimum absolute atomic E-state index is 0.0482. The summed E-state index contributed by atoms with van der Waals surface area (Å²) < 4.78 is 13.7. The highest BCUT2D eigenvalue weighted by atomic mass is 79.9. The molecule has 1 aromatic rings. The predicted octanol–water partition coefficient (Wildman–Crippen LogP) is 1.86. The van der Waals surface area contributed by atoms with Gasteiger partial charge in [-0.3, -0.25) is 4.79 Å². The molecule has 0 saturated heterocycles. The van der Waals surface area contributed by atoms with Crippen LogP contribution in [-0.2, 0) is 16.0 Å². The number of hydrogen-bond acceptors (Lipinski definition) is 2. The highest BCUT2D eigenvalue weighted by Crippen LogP contribution is 2.35. The summed E-state index contributed by atoms with van der Waals surface area (Å²) in [6.45, 7) is 0. The molecule has 0 aliphatic heterocycles. The third-order valence-electron chi connectivity index (χ3n) is 2.90. The Morgan fingerprint density at radius 1 is 1.44 bits per heavy atom. The van der Waals surface area contributed by atoms with E-state index in [9.17, 15) is 14.0 Å². The van der Waals surface area contributed by atoms with Gasteiger partial charge in [-0.05, 0) is 36.6 Å². The van der Waals surface area contributed by atoms with Crippen LogP contribution in [0.5, 0.6) is 0 Å². The Hall–Kier alpha value is -1.43. The van der Waals surface area contributed by atoms with Crippen LogP contribution in [0.15, 0.2) is 22.7 Å². The Bertz CT molecular complexity index is 514. The molecule has 1 aromatic carbocycles. The maximum Gasteiger partial charge on any atom is 0.329 e. The van der Waals surface area contributed by atoms with E-state index in [1.54, 1.807) is 0 Å². The Balaban J connectivity index is 2.04. The first-order valence-corrected chi connectivity index (χ1v) is 6.21. The predicted molar refractivity (Wildman–Crippen MR) is 65.5 cm³/mol. The molecule has 0 unspecified atom stereocenters. The van der Waals surface area contributed by atoms with Gasteiger partial charge in [-0.25, -0.2) is 9.18 Å². The Morgan fingerprint density at radius 2 is 2.11 bits per heavy atom. The van der Waals surface area contributed by atoms with Crippen molar-refractivity contribution in [1.82, 2.24) is 5.32 Å². The van der Waals surface area contributed by atoms with E-state index in [1.165, 1.54) is 18.2 Å². The number of halogens is 2. The van der Waals surface area contributed by atoms with Crippen LogP contribution in [0.3, 0.4) is 0 Å². The Morgan fingerprint density at radius 3 is 2.67 bits per heavy atom. The highest BCUT2D eigenvalue weighted by molar-refractivity contribution is 9.10. The summed E-state index contributed by atoms with van der Waals surface area (Å²) in [5, 5.41) is 11.4. The summed E-state index contributed by atoms with van der Waals surface area (Å²) in [5.41, 5.74) is -0.606. The average molecular weight is 316 g/mol. The van der Waals surface area contributed by atoms with Crippen LogP contribution in [0.25, 0.3) is 0 Å². The number of rotatable bonds is 4. The van der Waals surface area contributed by atoms with E-state index < -0.39 is 23.2 Å². The van der Waals surface area contributed by atoms with Gasteiger partial charge in [0, 0.05) is 4.47 Å². The number of benzene rings is 1. The molecule has 0 aromatic heterocycles. The molecule has 1 fully saturated rings. The Kier molecular flexibility index (Phi) is 3.38. The first-order valence-electron chi connectivity index (χ1n) is 5.41. The van der Waals surface area contributed by atoms with E-state index in [1.807, 2.05) is 0 Å². The topological polar surface area (TPSA) is 66.4 Å². The van der Waals surface area contributed by atoms with E-state index in [0.717, 1.165) is 0 Å². The Labute approximate surface area is 111 Å². The van der Waals surface area contributed by atoms with Crippen molar-refractivity contribution in [3.8, 4) is 0 Å². The van der Waals surface area contributed by atoms with Crippen molar-refractivity contribution < 1.29 is 19.1 Å². The van der Waals surface area contributed by atoms with E-state index in [-0.39, 0.29) is 6.42 Å². The van der Waals surface area contributed by atoms with Crippen LogP contribution in [0.1, 0.15) is 18.4 Å². The molecule has 2 N–H and O–H groups in total. The molecule has 0 spiro atoms. The van der Waals surface area contributed by atoms with Crippen LogP contribution in [0.4, 0.5) is 4.39 Å². The molecule has 1 aliphatic carbocycles. The van der Waals surface area contributed by atoms with Crippen molar-refractivity contribution >= 4 is 27.8 Å². The maximum absolute atomic E-state index is 13.0. The molecule has 0 bridgehead atoms. The summed E-state index contributed by atoms with van der Waals surface area (Å²) in [4.78, 5) is 22.6. The van der Waals surface area contributed by atoms with Gasteiger partial charge in [-0.1, -0.05) is 15.9 Å². The zero-order valence-corrected chi connectivity index (χ0v) is 11.0. The van der Waals surface area contributed by atoms with Crippen LogP contribution in [0.2, 0.25) is 0 Å². The normalized spacial score (nSPS) is 16.1. The lowest BCUT2D eigenvalue weighted by molar-refractivity contribution is -0.143. The molecule has 0 heterocycles. The molecule has 0 radical (unpaired) electrons. The number of carbonyl (C=O) groups excluding carboxylic acids is 1. The molecule has 1 aliphatic rings. The van der Waals surface area contributed by atoms with Crippen molar-refractivity contribution in [1.29, 1.82) is 0 Å². The summed E-state index contributed by atoms with van der Waals surface area (Å²) in [6.07, 6.45) is 0.837. The summed E-state index contributed by atoms with van der Waals surface area (Å²) in [7, 11) is 0. The molecule has 6 heteroatoms. The van der Waals surface area contributed by atoms with Gasteiger partial charge in [0.2, 0.25) is 5.91 Å². The van der Waals surface area contributed by atoms with E-state index >= 15 is 0 Å². The minimum Gasteiger partial charge on any atom is -0.480 e. The molecule has 2 rings (SSSR count).